The molecule has 2 heterocycles. The molecular formula is C12H13N5O2. The van der Waals surface area contributed by atoms with Crippen molar-refractivity contribution in [1.82, 2.24) is 15.4 Å². The van der Waals surface area contributed by atoms with Crippen LogP contribution < -0.4 is 16.3 Å². The van der Waals surface area contributed by atoms with Crippen LogP contribution in [0.25, 0.3) is 5.57 Å². The first-order chi connectivity index (χ1) is 9.16. The number of carbonyl (C=O) groups is 1. The molecule has 0 unspecified atom stereocenters. The average molecular weight is 259 g/mol. The summed E-state index contributed by atoms with van der Waals surface area (Å²) in [6, 6.07) is 0.726. The highest BCUT2D eigenvalue weighted by molar-refractivity contribution is 5.75. The second kappa shape index (κ2) is 5.87. The van der Waals surface area contributed by atoms with E-state index < -0.39 is 12.0 Å². The lowest BCUT2D eigenvalue weighted by Gasteiger charge is -2.09. The molecule has 0 aromatic carbocycles. The van der Waals surface area contributed by atoms with Crippen molar-refractivity contribution in [2.75, 3.05) is 0 Å². The molecular weight excluding hydrogens is 246 g/mol. The van der Waals surface area contributed by atoms with E-state index in [4.69, 9.17) is 5.73 Å². The minimum absolute atomic E-state index is 0.171. The molecule has 0 bridgehead atoms. The van der Waals surface area contributed by atoms with Crippen molar-refractivity contribution in [2.45, 2.75) is 12.5 Å². The molecule has 3 N–H and O–H groups in total. The van der Waals surface area contributed by atoms with Gasteiger partial charge in [-0.1, -0.05) is 4.68 Å². The maximum absolute atomic E-state index is 10.5. The molecule has 7 heteroatoms. The van der Waals surface area contributed by atoms with Crippen LogP contribution >= 0.6 is 0 Å². The van der Waals surface area contributed by atoms with E-state index in [0.29, 0.717) is 5.82 Å². The van der Waals surface area contributed by atoms with E-state index in [0.717, 1.165) is 5.57 Å². The van der Waals surface area contributed by atoms with E-state index in [1.807, 2.05) is 6.08 Å². The zero-order valence-electron chi connectivity index (χ0n) is 10.1. The summed E-state index contributed by atoms with van der Waals surface area (Å²) in [7, 11) is 0. The average Bonchev–Trinajstić information content (AvgIpc) is 2.46. The van der Waals surface area contributed by atoms with Gasteiger partial charge in [0.05, 0.1) is 18.2 Å². The van der Waals surface area contributed by atoms with Gasteiger partial charge in [0.15, 0.2) is 18.2 Å². The van der Waals surface area contributed by atoms with Gasteiger partial charge in [0.25, 0.3) is 0 Å². The van der Waals surface area contributed by atoms with Crippen LogP contribution in [0.4, 0.5) is 0 Å². The van der Waals surface area contributed by atoms with Gasteiger partial charge >= 0.3 is 0 Å². The van der Waals surface area contributed by atoms with Gasteiger partial charge in [-0.05, 0) is 6.07 Å². The molecule has 0 fully saturated rings. The third kappa shape index (κ3) is 3.46. The Hall–Kier alpha value is -2.54. The first kappa shape index (κ1) is 12.9. The zero-order chi connectivity index (χ0) is 13.7. The van der Waals surface area contributed by atoms with Gasteiger partial charge in [0.2, 0.25) is 0 Å². The molecule has 1 atom stereocenters. The first-order valence-corrected chi connectivity index (χ1v) is 5.67. The normalized spacial score (nSPS) is 17.7. The van der Waals surface area contributed by atoms with E-state index in [1.54, 1.807) is 41.8 Å². The Labute approximate surface area is 109 Å². The summed E-state index contributed by atoms with van der Waals surface area (Å²) in [5.74, 6) is -0.663. The third-order valence-electron chi connectivity index (χ3n) is 2.47. The Bertz CT molecular complexity index is 550. The van der Waals surface area contributed by atoms with Crippen LogP contribution in [0.5, 0.6) is 0 Å². The number of nitrogens with one attached hydrogen (secondary N) is 1. The van der Waals surface area contributed by atoms with Gasteiger partial charge in [0, 0.05) is 30.5 Å². The fraction of sp³-hybridized carbons (Fsp3) is 0.167. The highest BCUT2D eigenvalue weighted by atomic mass is 16.4. The SMILES string of the molecule is N[C@H](CC=[N+]1C=CC(c2ncccn2)=CN1)C(=O)[O-]. The van der Waals surface area contributed by atoms with E-state index in [2.05, 4.69) is 15.4 Å². The molecule has 0 radical (unpaired) electrons. The van der Waals surface area contributed by atoms with Gasteiger partial charge in [-0.15, -0.1) is 0 Å². The molecule has 0 saturated carbocycles. The minimum atomic E-state index is -1.27. The molecule has 98 valence electrons. The Balaban J connectivity index is 1.99. The fourth-order valence-corrected chi connectivity index (χ4v) is 1.42. The second-order valence-corrected chi connectivity index (χ2v) is 3.87. The number of allylic oxidation sites excluding steroid dienone is 2. The van der Waals surface area contributed by atoms with Crippen molar-refractivity contribution < 1.29 is 14.6 Å². The number of carboxylic acids is 1. The molecule has 1 aromatic rings. The second-order valence-electron chi connectivity index (χ2n) is 3.87. The molecule has 1 aliphatic rings. The summed E-state index contributed by atoms with van der Waals surface area (Å²) in [4.78, 5) is 18.7. The van der Waals surface area contributed by atoms with Crippen LogP contribution in [-0.4, -0.2) is 32.9 Å². The molecule has 1 aliphatic heterocycles. The van der Waals surface area contributed by atoms with Crippen LogP contribution in [0.2, 0.25) is 0 Å². The lowest BCUT2D eigenvalue weighted by atomic mass is 10.2. The van der Waals surface area contributed by atoms with Crippen molar-refractivity contribution >= 4 is 17.8 Å². The summed E-state index contributed by atoms with van der Waals surface area (Å²) in [6.07, 6.45) is 10.4. The number of rotatable bonds is 4. The van der Waals surface area contributed by atoms with Gasteiger partial charge in [-0.3, -0.25) is 0 Å². The van der Waals surface area contributed by atoms with Crippen molar-refractivity contribution in [1.29, 1.82) is 0 Å². The number of hydrogen-bond donors (Lipinski definition) is 2. The van der Waals surface area contributed by atoms with Crippen molar-refractivity contribution in [3.8, 4) is 0 Å². The quantitative estimate of drug-likeness (QED) is 0.631. The van der Waals surface area contributed by atoms with Crippen LogP contribution in [0.15, 0.2) is 36.9 Å². The number of hydrogen-bond acceptors (Lipinski definition) is 6. The Kier molecular flexibility index (Phi) is 3.99. The van der Waals surface area contributed by atoms with Crippen molar-refractivity contribution in [2.24, 2.45) is 5.73 Å². The number of nitrogens with two attached hydrogens (primary N) is 1. The van der Waals surface area contributed by atoms with E-state index >= 15 is 0 Å². The summed E-state index contributed by atoms with van der Waals surface area (Å²) in [5.41, 5.74) is 9.11. The van der Waals surface area contributed by atoms with E-state index in [-0.39, 0.29) is 6.42 Å². The van der Waals surface area contributed by atoms with Crippen LogP contribution in [0, 0.1) is 0 Å². The number of aromatic nitrogens is 2. The maximum Gasteiger partial charge on any atom is 0.200 e. The van der Waals surface area contributed by atoms with Crippen LogP contribution in [0.3, 0.4) is 0 Å². The van der Waals surface area contributed by atoms with Gasteiger partial charge in [-0.25, -0.2) is 9.97 Å². The molecule has 2 rings (SSSR count). The summed E-state index contributed by atoms with van der Waals surface area (Å²) in [5, 5.41) is 10.5. The predicted molar refractivity (Wildman–Crippen MR) is 66.2 cm³/mol. The molecule has 0 aliphatic carbocycles. The first-order valence-electron chi connectivity index (χ1n) is 5.67. The summed E-state index contributed by atoms with van der Waals surface area (Å²) in [6.45, 7) is 0. The molecule has 0 amide bonds. The monoisotopic (exact) mass is 259 g/mol. The molecule has 0 spiro atoms. The number of nitrogens with zero attached hydrogens (tertiary/aromatic N) is 3. The Morgan fingerprint density at radius 3 is 2.84 bits per heavy atom. The molecule has 19 heavy (non-hydrogen) atoms. The Morgan fingerprint density at radius 2 is 2.26 bits per heavy atom. The molecule has 0 saturated heterocycles. The highest BCUT2D eigenvalue weighted by Gasteiger charge is 2.11. The number of carbonyl (C=O) groups excluding carboxylic acids is 1. The maximum atomic E-state index is 10.5. The van der Waals surface area contributed by atoms with Crippen LogP contribution in [-0.2, 0) is 4.79 Å². The minimum Gasteiger partial charge on any atom is -0.548 e. The lowest BCUT2D eigenvalue weighted by Crippen LogP contribution is -2.42. The summed E-state index contributed by atoms with van der Waals surface area (Å²) >= 11 is 0. The lowest BCUT2D eigenvalue weighted by molar-refractivity contribution is -0.508. The highest BCUT2D eigenvalue weighted by Crippen LogP contribution is 2.11. The molecule has 1 aromatic heterocycles. The predicted octanol–water partition coefficient (Wildman–Crippen LogP) is -1.60. The van der Waals surface area contributed by atoms with Crippen molar-refractivity contribution in [3.63, 3.8) is 0 Å². The van der Waals surface area contributed by atoms with Gasteiger partial charge in [-0.2, -0.15) is 5.43 Å². The van der Waals surface area contributed by atoms with Crippen molar-refractivity contribution in [3.05, 3.63) is 42.8 Å². The van der Waals surface area contributed by atoms with E-state index in [1.165, 1.54) is 0 Å². The van der Waals surface area contributed by atoms with Crippen LogP contribution in [0.1, 0.15) is 12.2 Å². The smallest absolute Gasteiger partial charge is 0.200 e. The number of hydrazine groups is 1. The Morgan fingerprint density at radius 1 is 1.53 bits per heavy atom. The fourth-order valence-electron chi connectivity index (χ4n) is 1.42. The number of hydrazone groups is 1. The van der Waals surface area contributed by atoms with Gasteiger partial charge < -0.3 is 15.6 Å². The topological polar surface area (TPSA) is 107 Å². The number of aliphatic carboxylic acids is 1. The largest absolute Gasteiger partial charge is 0.548 e. The summed E-state index contributed by atoms with van der Waals surface area (Å²) < 4.78 is 1.61. The van der Waals surface area contributed by atoms with Gasteiger partial charge in [0.1, 0.15) is 0 Å². The molecule has 7 nitrogen and oxygen atoms in total. The van der Waals surface area contributed by atoms with E-state index in [9.17, 15) is 9.90 Å². The standard InChI is InChI=1S/C12H13N5O2/c13-10(12(18)19)3-7-17-6-2-9(8-16-17)11-14-4-1-5-15-11/h1-2,4-8,10H,3,13H2,(H-,14,15,16,18,19)/t10-/m1/s1. The third-order valence-corrected chi connectivity index (χ3v) is 2.47. The number of carboxylic acid groups (broad SMARTS) is 1. The zero-order valence-corrected chi connectivity index (χ0v) is 10.1.